The maximum Gasteiger partial charge on any atom is 0.255 e. The van der Waals surface area contributed by atoms with Crippen LogP contribution in [0.3, 0.4) is 0 Å². The van der Waals surface area contributed by atoms with Crippen molar-refractivity contribution in [1.29, 1.82) is 0 Å². The van der Waals surface area contributed by atoms with Gasteiger partial charge in [-0.25, -0.2) is 0 Å². The molecule has 0 spiro atoms. The molecule has 0 unspecified atom stereocenters. The molecule has 0 radical (unpaired) electrons. The normalized spacial score (nSPS) is 28.8. The third kappa shape index (κ3) is 4.48. The summed E-state index contributed by atoms with van der Waals surface area (Å²) < 4.78 is 0. The first-order valence-electron chi connectivity index (χ1n) is 14.8. The van der Waals surface area contributed by atoms with Crippen molar-refractivity contribution in [2.24, 2.45) is 17.6 Å². The number of rotatable bonds is 6. The number of carbonyl (C=O) groups is 4. The maximum atomic E-state index is 14.2. The zero-order valence-corrected chi connectivity index (χ0v) is 25.8. The van der Waals surface area contributed by atoms with E-state index in [0.29, 0.717) is 17.7 Å². The molecule has 4 aliphatic rings. The number of aliphatic hydroxyl groups excluding tert-OH is 2. The van der Waals surface area contributed by atoms with Gasteiger partial charge in [0.1, 0.15) is 17.1 Å². The molecule has 13 nitrogen and oxygen atoms in total. The van der Waals surface area contributed by atoms with E-state index < -0.39 is 69.8 Å². The Morgan fingerprint density at radius 1 is 1.14 bits per heavy atom. The molecule has 5 atom stereocenters. The van der Waals surface area contributed by atoms with Crippen molar-refractivity contribution in [3.63, 3.8) is 0 Å². The van der Waals surface area contributed by atoms with Crippen molar-refractivity contribution >= 4 is 34.8 Å². The third-order valence-corrected chi connectivity index (χ3v) is 9.70. The summed E-state index contributed by atoms with van der Waals surface area (Å²) in [5.74, 6) is -7.55. The Hall–Kier alpha value is -3.94. The molecule has 0 bridgehead atoms. The number of aliphatic hydroxyl groups is 3. The number of Topliss-reactive ketones (excluding diaryl/α,β-unsaturated/α-hetero) is 2. The number of hydrogen-bond acceptors (Lipinski definition) is 11. The van der Waals surface area contributed by atoms with Crippen LogP contribution in [0.5, 0.6) is 5.75 Å². The molecule has 0 aromatic heterocycles. The second-order valence-corrected chi connectivity index (χ2v) is 13.0. The number of hydrogen-bond donors (Lipinski definition) is 6. The van der Waals surface area contributed by atoms with Crippen LogP contribution in [-0.4, -0.2) is 112 Å². The summed E-state index contributed by atoms with van der Waals surface area (Å²) in [5, 5.41) is 48.6. The van der Waals surface area contributed by atoms with Crippen LogP contribution < -0.4 is 16.0 Å². The third-order valence-electron chi connectivity index (χ3n) is 9.70. The topological polar surface area (TPSA) is 197 Å². The van der Waals surface area contributed by atoms with Crippen LogP contribution in [0, 0.1) is 11.8 Å². The number of nitrogens with zero attached hydrogens (tertiary/aromatic N) is 3. The Morgan fingerprint density at radius 2 is 1.80 bits per heavy atom. The molecule has 7 N–H and O–H groups in total. The van der Waals surface area contributed by atoms with Gasteiger partial charge in [0.05, 0.1) is 23.3 Å². The van der Waals surface area contributed by atoms with E-state index in [1.54, 1.807) is 39.2 Å². The van der Waals surface area contributed by atoms with Gasteiger partial charge in [-0.3, -0.25) is 29.0 Å². The number of allylic oxidation sites excluding steroid dienone is 1. The van der Waals surface area contributed by atoms with E-state index in [-0.39, 0.29) is 41.6 Å². The van der Waals surface area contributed by atoms with Crippen LogP contribution in [0.1, 0.15) is 49.0 Å². The number of benzene rings is 1. The summed E-state index contributed by atoms with van der Waals surface area (Å²) in [6.45, 7) is 4.78. The monoisotopic (exact) mass is 611 g/mol. The smallest absolute Gasteiger partial charge is 0.255 e. The minimum atomic E-state index is -2.72. The highest BCUT2D eigenvalue weighted by Crippen LogP contribution is 2.54. The number of nitrogens with one attached hydrogen (secondary N) is 1. The molecule has 238 valence electrons. The van der Waals surface area contributed by atoms with Gasteiger partial charge in [-0.1, -0.05) is 0 Å². The molecule has 1 saturated heterocycles. The number of likely N-dealkylation sites (N-methyl/N-ethyl adjacent to an activating group) is 1. The number of primary amides is 1. The summed E-state index contributed by atoms with van der Waals surface area (Å²) >= 11 is 0. The van der Waals surface area contributed by atoms with Crippen LogP contribution in [0.25, 0.3) is 0 Å². The van der Waals surface area contributed by atoms with Gasteiger partial charge in [-0.15, -0.1) is 0 Å². The maximum absolute atomic E-state index is 14.2. The van der Waals surface area contributed by atoms with Crippen LogP contribution in [0.15, 0.2) is 28.7 Å². The highest BCUT2D eigenvalue weighted by molar-refractivity contribution is 6.25. The summed E-state index contributed by atoms with van der Waals surface area (Å²) in [6, 6.07) is 0.275. The Labute approximate surface area is 255 Å². The Balaban J connectivity index is 1.64. The number of phenols is 1. The van der Waals surface area contributed by atoms with Crippen molar-refractivity contribution in [2.75, 3.05) is 45.0 Å². The molecule has 44 heavy (non-hydrogen) atoms. The molecule has 2 amide bonds. The first-order valence-corrected chi connectivity index (χ1v) is 14.8. The Bertz CT molecular complexity index is 1530. The second kappa shape index (κ2) is 10.9. The quantitative estimate of drug-likeness (QED) is 0.198. The number of anilines is 2. The second-order valence-electron chi connectivity index (χ2n) is 13.0. The van der Waals surface area contributed by atoms with E-state index in [9.17, 15) is 39.6 Å². The molecule has 1 aliphatic heterocycles. The van der Waals surface area contributed by atoms with E-state index in [0.717, 1.165) is 13.0 Å². The molecule has 1 aromatic rings. The van der Waals surface area contributed by atoms with Gasteiger partial charge in [0.15, 0.2) is 17.1 Å². The predicted octanol–water partition coefficient (Wildman–Crippen LogP) is 0.998. The molecule has 1 heterocycles. The lowest BCUT2D eigenvalue weighted by Crippen LogP contribution is -2.63. The number of nitrogens with two attached hydrogens (primary N) is 1. The van der Waals surface area contributed by atoms with Crippen molar-refractivity contribution in [3.05, 3.63) is 39.9 Å². The van der Waals surface area contributed by atoms with Crippen LogP contribution in [-0.2, 0) is 20.8 Å². The summed E-state index contributed by atoms with van der Waals surface area (Å²) in [5.41, 5.74) is 2.49. The Morgan fingerprint density at radius 3 is 2.36 bits per heavy atom. The Kier molecular flexibility index (Phi) is 7.80. The molecule has 13 heteroatoms. The highest BCUT2D eigenvalue weighted by atomic mass is 16.3. The van der Waals surface area contributed by atoms with E-state index in [1.165, 1.54) is 4.90 Å². The van der Waals surface area contributed by atoms with Gasteiger partial charge in [0.2, 0.25) is 11.7 Å². The molecule has 1 fully saturated rings. The van der Waals surface area contributed by atoms with Gasteiger partial charge in [-0.05, 0) is 77.7 Å². The van der Waals surface area contributed by atoms with Crippen LogP contribution >= 0.6 is 0 Å². The van der Waals surface area contributed by atoms with E-state index in [2.05, 4.69) is 10.2 Å². The standard InChI is InChI=1S/C31H41N5O8/c1-13(2)36-9-7-8-18(36)30(43)33-17-12-19(34(3)4)15-10-14-11-16-23(35(5)6)26(39)22(29(32)42)28(41)31(16,44)27(40)20(14)25(38)21(15)24(17)37/h12-14,16,18,23,37,39-40,44H,7-11H2,1-6H3,(H2,32,42)(H,33,43)/t14-,16-,18-,23-,31-/m0/s1. The fraction of sp³-hybridized carbons (Fsp3) is 0.548. The van der Waals surface area contributed by atoms with Crippen molar-refractivity contribution < 1.29 is 39.6 Å². The lowest BCUT2D eigenvalue weighted by Gasteiger charge is -2.50. The minimum absolute atomic E-state index is 0.00933. The van der Waals surface area contributed by atoms with Crippen molar-refractivity contribution in [1.82, 2.24) is 9.80 Å². The zero-order chi connectivity index (χ0) is 32.6. The number of amides is 2. The predicted molar refractivity (Wildman–Crippen MR) is 161 cm³/mol. The summed E-state index contributed by atoms with van der Waals surface area (Å²) in [4.78, 5) is 58.7. The molecule has 0 saturated carbocycles. The first-order chi connectivity index (χ1) is 20.5. The molecule has 3 aliphatic carbocycles. The average Bonchev–Trinajstić information content (AvgIpc) is 3.42. The average molecular weight is 612 g/mol. The molecular weight excluding hydrogens is 570 g/mol. The lowest BCUT2D eigenvalue weighted by atomic mass is 9.58. The molecular formula is C31H41N5O8. The number of ketones is 2. The van der Waals surface area contributed by atoms with Crippen LogP contribution in [0.4, 0.5) is 11.4 Å². The summed E-state index contributed by atoms with van der Waals surface area (Å²) in [7, 11) is 6.69. The summed E-state index contributed by atoms with van der Waals surface area (Å²) in [6.07, 6.45) is 1.64. The van der Waals surface area contributed by atoms with Gasteiger partial charge in [0.25, 0.3) is 5.91 Å². The molecule has 5 rings (SSSR count). The van der Waals surface area contributed by atoms with Gasteiger partial charge in [-0.2, -0.15) is 0 Å². The highest BCUT2D eigenvalue weighted by Gasteiger charge is 2.63. The SMILES string of the molecule is CC(C)N1CCC[C@H]1C(=O)Nc1cc(N(C)C)c2c(c1O)C(=O)C1=C(O)[C@]3(O)C(=O)C(C(N)=O)=C(O)[C@@H](N(C)C)[C@@H]3C[C@@H]1C2. The fourth-order valence-corrected chi connectivity index (χ4v) is 7.70. The van der Waals surface area contributed by atoms with Crippen LogP contribution in [0.2, 0.25) is 0 Å². The van der Waals surface area contributed by atoms with E-state index >= 15 is 0 Å². The number of carbonyl (C=O) groups excluding carboxylic acids is 4. The number of likely N-dealkylation sites (tertiary alicyclic amines) is 1. The largest absolute Gasteiger partial charge is 0.510 e. The minimum Gasteiger partial charge on any atom is -0.510 e. The van der Waals surface area contributed by atoms with Crippen molar-refractivity contribution in [2.45, 2.75) is 63.3 Å². The lowest BCUT2D eigenvalue weighted by molar-refractivity contribution is -0.148. The van der Waals surface area contributed by atoms with E-state index in [1.807, 2.05) is 13.8 Å². The number of aromatic hydroxyl groups is 1. The van der Waals surface area contributed by atoms with Crippen molar-refractivity contribution in [3.8, 4) is 5.75 Å². The van der Waals surface area contributed by atoms with Gasteiger partial charge < -0.3 is 36.4 Å². The number of fused-ring (bicyclic) bond motifs is 3. The zero-order valence-electron chi connectivity index (χ0n) is 25.8. The fourth-order valence-electron chi connectivity index (χ4n) is 7.70. The van der Waals surface area contributed by atoms with E-state index in [4.69, 9.17) is 5.73 Å². The number of phenolic OH excluding ortho intramolecular Hbond substituents is 1. The van der Waals surface area contributed by atoms with Gasteiger partial charge in [0, 0.05) is 37.3 Å². The first kappa shape index (κ1) is 31.5. The molecule has 1 aromatic carbocycles. The van der Waals surface area contributed by atoms with Gasteiger partial charge >= 0.3 is 0 Å².